The number of rotatable bonds is 6. The lowest BCUT2D eigenvalue weighted by molar-refractivity contribution is 0.415. The van der Waals surface area contributed by atoms with Gasteiger partial charge >= 0.3 is 0 Å². The van der Waals surface area contributed by atoms with Crippen LogP contribution < -0.4 is 15.8 Å². The van der Waals surface area contributed by atoms with Gasteiger partial charge in [0.25, 0.3) is 0 Å². The number of hydrogen-bond acceptors (Lipinski definition) is 6. The van der Waals surface area contributed by atoms with Gasteiger partial charge in [-0.3, -0.25) is 0 Å². The molecule has 0 aliphatic heterocycles. The number of nitrogen functional groups attached to an aromatic ring is 1. The van der Waals surface area contributed by atoms with Crippen LogP contribution in [0.2, 0.25) is 0 Å². The van der Waals surface area contributed by atoms with E-state index in [9.17, 15) is 0 Å². The normalized spacial score (nSPS) is 10.6. The SMILES string of the molecule is COc1cccc(-c2nc(N)sc2-c2ccnc(NCc3ccccc3)c2)c1. The monoisotopic (exact) mass is 388 g/mol. The first-order valence-corrected chi connectivity index (χ1v) is 9.69. The zero-order valence-corrected chi connectivity index (χ0v) is 16.2. The topological polar surface area (TPSA) is 73.1 Å². The van der Waals surface area contributed by atoms with Gasteiger partial charge in [0.2, 0.25) is 0 Å². The molecule has 140 valence electrons. The van der Waals surface area contributed by atoms with Crippen molar-refractivity contribution in [2.75, 3.05) is 18.2 Å². The highest BCUT2D eigenvalue weighted by molar-refractivity contribution is 7.19. The highest BCUT2D eigenvalue weighted by Gasteiger charge is 2.15. The van der Waals surface area contributed by atoms with Crippen molar-refractivity contribution < 1.29 is 4.74 Å². The number of methoxy groups -OCH3 is 1. The quantitative estimate of drug-likeness (QED) is 0.482. The van der Waals surface area contributed by atoms with E-state index in [1.54, 1.807) is 13.3 Å². The zero-order chi connectivity index (χ0) is 19.3. The minimum Gasteiger partial charge on any atom is -0.497 e. The summed E-state index contributed by atoms with van der Waals surface area (Å²) in [5, 5.41) is 3.91. The van der Waals surface area contributed by atoms with Gasteiger partial charge in [0.05, 0.1) is 17.7 Å². The summed E-state index contributed by atoms with van der Waals surface area (Å²) in [6.45, 7) is 0.713. The van der Waals surface area contributed by atoms with Gasteiger partial charge in [0.1, 0.15) is 11.6 Å². The van der Waals surface area contributed by atoms with E-state index < -0.39 is 0 Å². The van der Waals surface area contributed by atoms with E-state index in [1.165, 1.54) is 16.9 Å². The van der Waals surface area contributed by atoms with Gasteiger partial charge in [-0.15, -0.1) is 0 Å². The molecule has 2 aromatic heterocycles. The maximum atomic E-state index is 6.04. The second-order valence-electron chi connectivity index (χ2n) is 6.23. The summed E-state index contributed by atoms with van der Waals surface area (Å²) in [5.41, 5.74) is 10.1. The van der Waals surface area contributed by atoms with Crippen molar-refractivity contribution in [2.45, 2.75) is 6.54 Å². The number of ether oxygens (including phenoxy) is 1. The van der Waals surface area contributed by atoms with Crippen molar-refractivity contribution in [2.24, 2.45) is 0 Å². The van der Waals surface area contributed by atoms with Crippen LogP contribution in [0.4, 0.5) is 10.9 Å². The van der Waals surface area contributed by atoms with E-state index in [0.717, 1.165) is 33.3 Å². The average molecular weight is 388 g/mol. The van der Waals surface area contributed by atoms with Crippen LogP contribution in [-0.4, -0.2) is 17.1 Å². The molecule has 0 saturated carbocycles. The highest BCUT2D eigenvalue weighted by Crippen LogP contribution is 2.39. The van der Waals surface area contributed by atoms with Crippen LogP contribution in [0.5, 0.6) is 5.75 Å². The summed E-state index contributed by atoms with van der Waals surface area (Å²) >= 11 is 1.47. The Morgan fingerprint density at radius 2 is 1.86 bits per heavy atom. The molecule has 6 heteroatoms. The number of benzene rings is 2. The van der Waals surface area contributed by atoms with E-state index in [2.05, 4.69) is 27.4 Å². The van der Waals surface area contributed by atoms with Crippen LogP contribution in [0.15, 0.2) is 72.9 Å². The van der Waals surface area contributed by atoms with Gasteiger partial charge in [-0.1, -0.05) is 53.8 Å². The number of pyridine rings is 1. The molecule has 0 aliphatic rings. The van der Waals surface area contributed by atoms with Gasteiger partial charge in [-0.05, 0) is 35.4 Å². The van der Waals surface area contributed by atoms with E-state index in [-0.39, 0.29) is 0 Å². The van der Waals surface area contributed by atoms with E-state index in [4.69, 9.17) is 10.5 Å². The van der Waals surface area contributed by atoms with Gasteiger partial charge < -0.3 is 15.8 Å². The molecule has 3 N–H and O–H groups in total. The smallest absolute Gasteiger partial charge is 0.181 e. The van der Waals surface area contributed by atoms with Crippen LogP contribution in [0.25, 0.3) is 21.7 Å². The zero-order valence-electron chi connectivity index (χ0n) is 15.4. The molecule has 2 heterocycles. The van der Waals surface area contributed by atoms with Crippen molar-refractivity contribution in [3.8, 4) is 27.4 Å². The third-order valence-corrected chi connectivity index (χ3v) is 5.26. The first-order chi connectivity index (χ1) is 13.7. The molecule has 0 fully saturated rings. The van der Waals surface area contributed by atoms with Gasteiger partial charge in [0, 0.05) is 18.3 Å². The second kappa shape index (κ2) is 8.10. The molecule has 0 saturated heterocycles. The molecular formula is C22H20N4OS. The summed E-state index contributed by atoms with van der Waals surface area (Å²) in [4.78, 5) is 10.0. The van der Waals surface area contributed by atoms with Crippen LogP contribution in [0, 0.1) is 0 Å². The Kier molecular flexibility index (Phi) is 5.21. The van der Waals surface area contributed by atoms with Crippen LogP contribution in [0.1, 0.15) is 5.56 Å². The number of hydrogen-bond donors (Lipinski definition) is 2. The largest absolute Gasteiger partial charge is 0.497 e. The highest BCUT2D eigenvalue weighted by atomic mass is 32.1. The van der Waals surface area contributed by atoms with Crippen molar-refractivity contribution in [1.82, 2.24) is 9.97 Å². The maximum absolute atomic E-state index is 6.04. The van der Waals surface area contributed by atoms with E-state index in [0.29, 0.717) is 11.7 Å². The molecule has 0 radical (unpaired) electrons. The Morgan fingerprint density at radius 3 is 2.68 bits per heavy atom. The Bertz CT molecular complexity index is 1080. The fourth-order valence-corrected chi connectivity index (χ4v) is 3.81. The third kappa shape index (κ3) is 3.97. The van der Waals surface area contributed by atoms with Crippen molar-refractivity contribution >= 4 is 22.3 Å². The second-order valence-corrected chi connectivity index (χ2v) is 7.26. The fraction of sp³-hybridized carbons (Fsp3) is 0.0909. The van der Waals surface area contributed by atoms with Crippen molar-refractivity contribution in [1.29, 1.82) is 0 Å². The maximum Gasteiger partial charge on any atom is 0.181 e. The number of anilines is 2. The number of nitrogens with one attached hydrogen (secondary N) is 1. The summed E-state index contributed by atoms with van der Waals surface area (Å²) < 4.78 is 5.35. The van der Waals surface area contributed by atoms with Crippen molar-refractivity contribution in [3.63, 3.8) is 0 Å². The summed E-state index contributed by atoms with van der Waals surface area (Å²) in [6, 6.07) is 22.1. The number of nitrogens with two attached hydrogens (primary N) is 1. The van der Waals surface area contributed by atoms with E-state index in [1.807, 2.05) is 54.6 Å². The molecule has 0 amide bonds. The lowest BCUT2D eigenvalue weighted by Crippen LogP contribution is -2.01. The van der Waals surface area contributed by atoms with Gasteiger partial charge in [-0.25, -0.2) is 9.97 Å². The molecule has 0 atom stereocenters. The molecule has 0 unspecified atom stereocenters. The number of aromatic nitrogens is 2. The molecule has 2 aromatic carbocycles. The van der Waals surface area contributed by atoms with Crippen LogP contribution in [-0.2, 0) is 6.54 Å². The summed E-state index contributed by atoms with van der Waals surface area (Å²) in [7, 11) is 1.66. The Labute approximate surface area is 167 Å². The molecule has 4 rings (SSSR count). The number of nitrogens with zero attached hydrogens (tertiary/aromatic N) is 2. The predicted octanol–water partition coefficient (Wildman–Crippen LogP) is 5.08. The predicted molar refractivity (Wildman–Crippen MR) is 116 cm³/mol. The fourth-order valence-electron chi connectivity index (χ4n) is 2.96. The van der Waals surface area contributed by atoms with Gasteiger partial charge in [0.15, 0.2) is 5.13 Å². The first kappa shape index (κ1) is 18.0. The van der Waals surface area contributed by atoms with Gasteiger partial charge in [-0.2, -0.15) is 0 Å². The lowest BCUT2D eigenvalue weighted by atomic mass is 10.1. The molecule has 0 spiro atoms. The average Bonchev–Trinajstić information content (AvgIpc) is 3.15. The number of thiazole rings is 1. The molecule has 4 aromatic rings. The lowest BCUT2D eigenvalue weighted by Gasteiger charge is -2.08. The van der Waals surface area contributed by atoms with Crippen LogP contribution in [0.3, 0.4) is 0 Å². The Morgan fingerprint density at radius 1 is 1.00 bits per heavy atom. The molecule has 0 aliphatic carbocycles. The molecule has 0 bridgehead atoms. The summed E-state index contributed by atoms with van der Waals surface area (Å²) in [6.07, 6.45) is 1.80. The third-order valence-electron chi connectivity index (χ3n) is 4.33. The first-order valence-electron chi connectivity index (χ1n) is 8.88. The Hall–Kier alpha value is -3.38. The van der Waals surface area contributed by atoms with Crippen LogP contribution >= 0.6 is 11.3 Å². The molecular weight excluding hydrogens is 368 g/mol. The minimum atomic E-state index is 0.531. The molecule has 28 heavy (non-hydrogen) atoms. The van der Waals surface area contributed by atoms with Crippen molar-refractivity contribution in [3.05, 3.63) is 78.5 Å². The molecule has 5 nitrogen and oxygen atoms in total. The standard InChI is InChI=1S/C22H20N4OS/c1-27-18-9-5-8-16(12-18)20-21(28-22(23)26-20)17-10-11-24-19(13-17)25-14-15-6-3-2-4-7-15/h2-13H,14H2,1H3,(H2,23,26)(H,24,25). The Balaban J connectivity index is 1.64. The van der Waals surface area contributed by atoms with E-state index >= 15 is 0 Å². The minimum absolute atomic E-state index is 0.531. The summed E-state index contributed by atoms with van der Waals surface area (Å²) in [5.74, 6) is 1.60.